The van der Waals surface area contributed by atoms with Crippen LogP contribution < -0.4 is 14.8 Å². The molecule has 1 fully saturated rings. The first-order valence-electron chi connectivity index (χ1n) is 8.21. The first kappa shape index (κ1) is 15.6. The second-order valence-electron chi connectivity index (χ2n) is 6.37. The van der Waals surface area contributed by atoms with E-state index < -0.39 is 0 Å². The fourth-order valence-electron chi connectivity index (χ4n) is 3.29. The van der Waals surface area contributed by atoms with E-state index in [9.17, 15) is 5.11 Å². The number of aliphatic hydroxyl groups excluding tert-OH is 1. The molecular weight excluding hydrogens is 280 g/mol. The summed E-state index contributed by atoms with van der Waals surface area (Å²) in [5.74, 6) is 2.46. The molecule has 122 valence electrons. The topological polar surface area (TPSA) is 54.0 Å². The summed E-state index contributed by atoms with van der Waals surface area (Å²) in [6, 6.07) is 6.05. The van der Waals surface area contributed by atoms with E-state index in [1.807, 2.05) is 19.1 Å². The number of likely N-dealkylation sites (tertiary alicyclic amines) is 1. The lowest BCUT2D eigenvalue weighted by Crippen LogP contribution is -2.40. The van der Waals surface area contributed by atoms with Crippen molar-refractivity contribution in [2.24, 2.45) is 5.92 Å². The van der Waals surface area contributed by atoms with Gasteiger partial charge >= 0.3 is 0 Å². The zero-order valence-corrected chi connectivity index (χ0v) is 13.3. The van der Waals surface area contributed by atoms with Gasteiger partial charge in [0.1, 0.15) is 0 Å². The number of β-amino-alcohol motifs (C(OH)–C–C–N with tert-alkyl or cyclic N) is 1. The zero-order valence-electron chi connectivity index (χ0n) is 13.3. The quantitative estimate of drug-likeness (QED) is 0.836. The van der Waals surface area contributed by atoms with Crippen LogP contribution in [0.15, 0.2) is 18.2 Å². The predicted octanol–water partition coefficient (Wildman–Crippen LogP) is 1.60. The van der Waals surface area contributed by atoms with Crippen LogP contribution in [0.2, 0.25) is 0 Å². The molecule has 1 aromatic carbocycles. The lowest BCUT2D eigenvalue weighted by Gasteiger charge is -2.32. The highest BCUT2D eigenvalue weighted by Gasteiger charge is 2.20. The Hall–Kier alpha value is -1.30. The van der Waals surface area contributed by atoms with E-state index in [0.717, 1.165) is 50.1 Å². The molecule has 2 aliphatic heterocycles. The molecule has 5 nitrogen and oxygen atoms in total. The minimum absolute atomic E-state index is 0.225. The van der Waals surface area contributed by atoms with Gasteiger partial charge in [0.15, 0.2) is 11.5 Å². The van der Waals surface area contributed by atoms with Gasteiger partial charge in [0, 0.05) is 18.7 Å². The van der Waals surface area contributed by atoms with E-state index in [1.165, 1.54) is 18.4 Å². The van der Waals surface area contributed by atoms with Crippen LogP contribution in [-0.2, 0) is 6.54 Å². The highest BCUT2D eigenvalue weighted by molar-refractivity contribution is 5.48. The van der Waals surface area contributed by atoms with Gasteiger partial charge in [0.05, 0.1) is 6.10 Å². The molecule has 0 amide bonds. The molecule has 2 N–H and O–H groups in total. The van der Waals surface area contributed by atoms with E-state index in [1.54, 1.807) is 0 Å². The van der Waals surface area contributed by atoms with Crippen molar-refractivity contribution in [1.82, 2.24) is 10.2 Å². The molecule has 22 heavy (non-hydrogen) atoms. The number of hydrogen-bond donors (Lipinski definition) is 2. The van der Waals surface area contributed by atoms with Crippen LogP contribution >= 0.6 is 0 Å². The van der Waals surface area contributed by atoms with Crippen molar-refractivity contribution >= 4 is 0 Å². The monoisotopic (exact) mass is 306 g/mol. The van der Waals surface area contributed by atoms with Gasteiger partial charge in [-0.1, -0.05) is 12.1 Å². The number of fused-ring (bicyclic) bond motifs is 1. The number of ether oxygens (including phenoxy) is 2. The maximum absolute atomic E-state index is 9.44. The van der Waals surface area contributed by atoms with Gasteiger partial charge in [-0.2, -0.15) is 0 Å². The van der Waals surface area contributed by atoms with Crippen LogP contribution in [0.4, 0.5) is 0 Å². The third kappa shape index (κ3) is 3.91. The zero-order chi connectivity index (χ0) is 15.4. The van der Waals surface area contributed by atoms with E-state index in [0.29, 0.717) is 6.79 Å². The number of hydrogen-bond acceptors (Lipinski definition) is 5. The Labute approximate surface area is 132 Å². The van der Waals surface area contributed by atoms with Crippen molar-refractivity contribution in [1.29, 1.82) is 0 Å². The van der Waals surface area contributed by atoms with E-state index >= 15 is 0 Å². The summed E-state index contributed by atoms with van der Waals surface area (Å²) in [5, 5.41) is 13.0. The molecule has 1 aromatic rings. The van der Waals surface area contributed by atoms with Crippen LogP contribution in [0.25, 0.3) is 0 Å². The van der Waals surface area contributed by atoms with Crippen molar-refractivity contribution in [3.63, 3.8) is 0 Å². The molecule has 0 spiro atoms. The highest BCUT2D eigenvalue weighted by Crippen LogP contribution is 2.35. The fraction of sp³-hybridized carbons (Fsp3) is 0.647. The fourth-order valence-corrected chi connectivity index (χ4v) is 3.29. The van der Waals surface area contributed by atoms with E-state index in [-0.39, 0.29) is 6.10 Å². The Morgan fingerprint density at radius 2 is 2.14 bits per heavy atom. The first-order chi connectivity index (χ1) is 10.7. The van der Waals surface area contributed by atoms with Crippen LogP contribution in [0.3, 0.4) is 0 Å². The molecule has 2 heterocycles. The van der Waals surface area contributed by atoms with Crippen molar-refractivity contribution in [2.45, 2.75) is 32.4 Å². The average Bonchev–Trinajstić information content (AvgIpc) is 2.98. The number of nitrogens with zero attached hydrogens (tertiary/aromatic N) is 1. The maximum Gasteiger partial charge on any atom is 0.231 e. The standard InChI is InChI=1S/C17H26N2O3/c1-13(20)11-19-7-5-14(6-8-19)9-18-10-15-3-2-4-16-17(15)22-12-21-16/h2-4,13-14,18,20H,5-12H2,1H3/t13-/m1/s1. The average molecular weight is 306 g/mol. The summed E-state index contributed by atoms with van der Waals surface area (Å²) in [6.45, 7) is 7.02. The van der Waals surface area contributed by atoms with Gasteiger partial charge in [0.25, 0.3) is 0 Å². The van der Waals surface area contributed by atoms with Crippen molar-refractivity contribution in [3.8, 4) is 11.5 Å². The molecule has 2 aliphatic rings. The normalized spacial score (nSPS) is 20.3. The molecule has 1 atom stereocenters. The number of para-hydroxylation sites is 1. The Balaban J connectivity index is 1.40. The number of benzene rings is 1. The van der Waals surface area contributed by atoms with Crippen molar-refractivity contribution in [3.05, 3.63) is 23.8 Å². The highest BCUT2D eigenvalue weighted by atomic mass is 16.7. The minimum atomic E-state index is -0.225. The van der Waals surface area contributed by atoms with Crippen molar-refractivity contribution in [2.75, 3.05) is 33.0 Å². The summed E-state index contributed by atoms with van der Waals surface area (Å²) >= 11 is 0. The molecule has 1 saturated heterocycles. The summed E-state index contributed by atoms with van der Waals surface area (Å²) < 4.78 is 10.9. The lowest BCUT2D eigenvalue weighted by atomic mass is 9.96. The van der Waals surface area contributed by atoms with Gasteiger partial charge in [-0.15, -0.1) is 0 Å². The van der Waals surface area contributed by atoms with Gasteiger partial charge in [-0.25, -0.2) is 0 Å². The second-order valence-corrected chi connectivity index (χ2v) is 6.37. The smallest absolute Gasteiger partial charge is 0.231 e. The van der Waals surface area contributed by atoms with Crippen LogP contribution in [0, 0.1) is 5.92 Å². The van der Waals surface area contributed by atoms with Gasteiger partial charge < -0.3 is 24.8 Å². The van der Waals surface area contributed by atoms with Crippen LogP contribution in [0.1, 0.15) is 25.3 Å². The molecule has 0 unspecified atom stereocenters. The SMILES string of the molecule is C[C@@H](O)CN1CCC(CNCc2cccc3c2OCO3)CC1. The Morgan fingerprint density at radius 3 is 2.91 bits per heavy atom. The molecule has 0 radical (unpaired) electrons. The second kappa shape index (κ2) is 7.31. The summed E-state index contributed by atoms with van der Waals surface area (Å²) in [6.07, 6.45) is 2.18. The first-order valence-corrected chi connectivity index (χ1v) is 8.21. The Kier molecular flexibility index (Phi) is 5.18. The van der Waals surface area contributed by atoms with E-state index in [4.69, 9.17) is 9.47 Å². The molecule has 3 rings (SSSR count). The number of rotatable bonds is 6. The third-order valence-corrected chi connectivity index (χ3v) is 4.46. The summed E-state index contributed by atoms with van der Waals surface area (Å²) in [5.41, 5.74) is 1.17. The number of nitrogens with one attached hydrogen (secondary N) is 1. The summed E-state index contributed by atoms with van der Waals surface area (Å²) in [7, 11) is 0. The van der Waals surface area contributed by atoms with Gasteiger partial charge in [-0.05, 0) is 51.4 Å². The third-order valence-electron chi connectivity index (χ3n) is 4.46. The lowest BCUT2D eigenvalue weighted by molar-refractivity contribution is 0.0998. The molecule has 0 bridgehead atoms. The number of piperidine rings is 1. The molecule has 0 saturated carbocycles. The van der Waals surface area contributed by atoms with Crippen LogP contribution in [0.5, 0.6) is 11.5 Å². The Morgan fingerprint density at radius 1 is 1.32 bits per heavy atom. The predicted molar refractivity (Wildman–Crippen MR) is 85.1 cm³/mol. The number of aliphatic hydroxyl groups is 1. The molecule has 0 aliphatic carbocycles. The summed E-state index contributed by atoms with van der Waals surface area (Å²) in [4.78, 5) is 2.36. The largest absolute Gasteiger partial charge is 0.454 e. The molecular formula is C17H26N2O3. The Bertz CT molecular complexity index is 485. The minimum Gasteiger partial charge on any atom is -0.454 e. The van der Waals surface area contributed by atoms with E-state index in [2.05, 4.69) is 16.3 Å². The van der Waals surface area contributed by atoms with Gasteiger partial charge in [0.2, 0.25) is 6.79 Å². The van der Waals surface area contributed by atoms with Gasteiger partial charge in [-0.3, -0.25) is 0 Å². The molecule has 5 heteroatoms. The van der Waals surface area contributed by atoms with Crippen LogP contribution in [-0.4, -0.2) is 49.1 Å². The van der Waals surface area contributed by atoms with Crippen molar-refractivity contribution < 1.29 is 14.6 Å². The maximum atomic E-state index is 9.44. The molecule has 0 aromatic heterocycles.